The van der Waals surface area contributed by atoms with E-state index in [9.17, 15) is 31.1 Å². The fourth-order valence-electron chi connectivity index (χ4n) is 4.22. The van der Waals surface area contributed by atoms with E-state index in [4.69, 9.17) is 29.4 Å². The van der Waals surface area contributed by atoms with Crippen molar-refractivity contribution < 1.29 is 60.5 Å². The van der Waals surface area contributed by atoms with E-state index in [-0.39, 0.29) is 5.91 Å². The molecule has 3 aliphatic rings. The molecule has 1 aromatic heterocycles. The highest BCUT2D eigenvalue weighted by Crippen LogP contribution is 2.36. The van der Waals surface area contributed by atoms with Crippen molar-refractivity contribution in [3.8, 4) is 0 Å². The summed E-state index contributed by atoms with van der Waals surface area (Å²) in [6.45, 7) is 5.84. The molecular formula is C22H27F6N3O7. The van der Waals surface area contributed by atoms with Crippen molar-refractivity contribution in [3.63, 3.8) is 0 Å². The summed E-state index contributed by atoms with van der Waals surface area (Å²) < 4.78 is 69.3. The number of hydrogen-bond acceptors (Lipinski definition) is 7. The number of hydroxylamine groups is 2. The number of aromatic nitrogens is 1. The fraction of sp³-hybridized carbons (Fsp3) is 0.636. The number of carbonyl (C=O) groups is 3. The summed E-state index contributed by atoms with van der Waals surface area (Å²) in [5, 5.41) is 15.8. The lowest BCUT2D eigenvalue weighted by Crippen LogP contribution is -2.38. The van der Waals surface area contributed by atoms with Crippen LogP contribution in [0, 0.1) is 17.8 Å². The molecule has 1 amide bonds. The summed E-state index contributed by atoms with van der Waals surface area (Å²) in [7, 11) is 0. The van der Waals surface area contributed by atoms with Gasteiger partial charge in [-0.15, -0.1) is 0 Å². The summed E-state index contributed by atoms with van der Waals surface area (Å²) in [5.74, 6) is -4.03. The number of carbonyl (C=O) groups excluding carboxylic acids is 1. The number of alkyl halides is 6. The van der Waals surface area contributed by atoms with Crippen molar-refractivity contribution in [3.05, 3.63) is 30.1 Å². The van der Waals surface area contributed by atoms with Gasteiger partial charge in [-0.2, -0.15) is 26.3 Å². The van der Waals surface area contributed by atoms with E-state index in [1.165, 1.54) is 0 Å². The maximum absolute atomic E-state index is 12.4. The topological polar surface area (TPSA) is 130 Å². The molecule has 0 spiro atoms. The van der Waals surface area contributed by atoms with Crippen LogP contribution < -0.4 is 0 Å². The molecule has 38 heavy (non-hydrogen) atoms. The maximum Gasteiger partial charge on any atom is 0.490 e. The normalized spacial score (nSPS) is 23.4. The maximum atomic E-state index is 12.4. The van der Waals surface area contributed by atoms with Gasteiger partial charge in [-0.3, -0.25) is 19.5 Å². The monoisotopic (exact) mass is 559 g/mol. The van der Waals surface area contributed by atoms with Crippen LogP contribution >= 0.6 is 0 Å². The molecule has 3 fully saturated rings. The lowest BCUT2D eigenvalue weighted by atomic mass is 9.81. The van der Waals surface area contributed by atoms with Crippen molar-refractivity contribution in [2.45, 2.75) is 31.7 Å². The van der Waals surface area contributed by atoms with Crippen LogP contribution in [0.2, 0.25) is 0 Å². The van der Waals surface area contributed by atoms with Gasteiger partial charge in [0, 0.05) is 32.3 Å². The van der Waals surface area contributed by atoms with Crippen LogP contribution in [0.3, 0.4) is 0 Å². The van der Waals surface area contributed by atoms with Crippen molar-refractivity contribution >= 4 is 17.8 Å². The zero-order valence-corrected chi connectivity index (χ0v) is 20.0. The highest BCUT2D eigenvalue weighted by molar-refractivity contribution is 5.75. The predicted octanol–water partition coefficient (Wildman–Crippen LogP) is 2.60. The Balaban J connectivity index is 0.000000301. The van der Waals surface area contributed by atoms with E-state index in [0.29, 0.717) is 37.4 Å². The Labute approximate surface area is 213 Å². The first-order valence-electron chi connectivity index (χ1n) is 11.4. The number of carboxylic acid groups (broad SMARTS) is 2. The van der Waals surface area contributed by atoms with Gasteiger partial charge in [0.05, 0.1) is 32.1 Å². The number of nitrogens with zero attached hydrogens (tertiary/aromatic N) is 3. The number of amides is 1. The molecular weight excluding hydrogens is 532 g/mol. The van der Waals surface area contributed by atoms with Gasteiger partial charge < -0.3 is 14.9 Å². The van der Waals surface area contributed by atoms with Gasteiger partial charge in [-0.25, -0.2) is 14.7 Å². The number of fused-ring (bicyclic) bond motifs is 1. The van der Waals surface area contributed by atoms with Crippen LogP contribution in [-0.4, -0.2) is 94.8 Å². The third-order valence-corrected chi connectivity index (χ3v) is 5.90. The summed E-state index contributed by atoms with van der Waals surface area (Å²) in [5.41, 5.74) is 1.11. The highest BCUT2D eigenvalue weighted by atomic mass is 19.4. The van der Waals surface area contributed by atoms with Gasteiger partial charge in [-0.05, 0) is 36.3 Å². The minimum absolute atomic E-state index is 0.116. The molecule has 214 valence electrons. The van der Waals surface area contributed by atoms with Crippen LogP contribution in [0.4, 0.5) is 26.3 Å². The fourth-order valence-corrected chi connectivity index (χ4v) is 4.22. The van der Waals surface area contributed by atoms with Crippen LogP contribution in [0.1, 0.15) is 18.5 Å². The van der Waals surface area contributed by atoms with Gasteiger partial charge >= 0.3 is 24.3 Å². The van der Waals surface area contributed by atoms with Gasteiger partial charge in [-0.1, -0.05) is 6.07 Å². The Morgan fingerprint density at radius 3 is 2.13 bits per heavy atom. The number of ether oxygens (including phenoxy) is 1. The molecule has 4 heterocycles. The van der Waals surface area contributed by atoms with Gasteiger partial charge in [0.15, 0.2) is 0 Å². The number of pyridine rings is 1. The van der Waals surface area contributed by atoms with Crippen LogP contribution in [-0.2, 0) is 30.5 Å². The van der Waals surface area contributed by atoms with Crippen LogP contribution in [0.15, 0.2) is 24.4 Å². The number of carboxylic acids is 2. The highest BCUT2D eigenvalue weighted by Gasteiger charge is 2.42. The molecule has 4 rings (SSSR count). The zero-order chi connectivity index (χ0) is 28.5. The average Bonchev–Trinajstić information content (AvgIpc) is 3.50. The number of likely N-dealkylation sites (tertiary alicyclic amines) is 1. The number of aliphatic carboxylic acids is 2. The van der Waals surface area contributed by atoms with Crippen LogP contribution in [0.5, 0.6) is 0 Å². The Morgan fingerprint density at radius 2 is 1.63 bits per heavy atom. The van der Waals surface area contributed by atoms with Gasteiger partial charge in [0.1, 0.15) is 0 Å². The minimum atomic E-state index is -5.08. The van der Waals surface area contributed by atoms with E-state index in [1.54, 1.807) is 5.06 Å². The van der Waals surface area contributed by atoms with Crippen LogP contribution in [0.25, 0.3) is 0 Å². The van der Waals surface area contributed by atoms with E-state index in [0.717, 1.165) is 44.9 Å². The molecule has 10 nitrogen and oxygen atoms in total. The Bertz CT molecular complexity index is 902. The van der Waals surface area contributed by atoms with E-state index in [2.05, 4.69) is 16.0 Å². The first kappa shape index (κ1) is 31.2. The van der Waals surface area contributed by atoms with Crippen molar-refractivity contribution in [2.75, 3.05) is 39.5 Å². The second kappa shape index (κ2) is 13.7. The molecule has 16 heteroatoms. The molecule has 0 unspecified atom stereocenters. The molecule has 3 saturated heterocycles. The summed E-state index contributed by atoms with van der Waals surface area (Å²) >= 11 is 0. The van der Waals surface area contributed by atoms with Gasteiger partial charge in [0.25, 0.3) is 0 Å². The largest absolute Gasteiger partial charge is 0.490 e. The Hall–Kier alpha value is -2.98. The smallest absolute Gasteiger partial charge is 0.475 e. The first-order valence-corrected chi connectivity index (χ1v) is 11.4. The third-order valence-electron chi connectivity index (χ3n) is 5.90. The zero-order valence-electron chi connectivity index (χ0n) is 20.0. The third kappa shape index (κ3) is 10.1. The van der Waals surface area contributed by atoms with Crippen molar-refractivity contribution in [1.29, 1.82) is 0 Å². The number of hydrogen-bond donors (Lipinski definition) is 2. The first-order chi connectivity index (χ1) is 17.7. The molecule has 3 atom stereocenters. The second-order valence-corrected chi connectivity index (χ2v) is 8.73. The average molecular weight is 559 g/mol. The lowest BCUT2D eigenvalue weighted by Gasteiger charge is -2.33. The molecule has 0 bridgehead atoms. The molecule has 0 aliphatic carbocycles. The second-order valence-electron chi connectivity index (χ2n) is 8.73. The van der Waals surface area contributed by atoms with E-state index >= 15 is 0 Å². The molecule has 2 N–H and O–H groups in total. The predicted molar refractivity (Wildman–Crippen MR) is 115 cm³/mol. The summed E-state index contributed by atoms with van der Waals surface area (Å²) in [6, 6.07) is 6.06. The molecule has 3 aliphatic heterocycles. The Kier molecular flexibility index (Phi) is 11.3. The molecule has 0 aromatic carbocycles. The summed E-state index contributed by atoms with van der Waals surface area (Å²) in [6.07, 6.45) is -6.84. The SMILES string of the molecule is O=C(C[C@@H]1COC[C@H]2CN(Cc3ccccn3)C[C@@H]12)N1CCCO1.O=C(O)C(F)(F)F.O=C(O)C(F)(F)F. The Morgan fingerprint density at radius 1 is 1.00 bits per heavy atom. The molecule has 0 saturated carbocycles. The number of rotatable bonds is 4. The van der Waals surface area contributed by atoms with Gasteiger partial charge in [0.2, 0.25) is 5.91 Å². The van der Waals surface area contributed by atoms with E-state index in [1.807, 2.05) is 18.3 Å². The quantitative estimate of drug-likeness (QED) is 0.535. The van der Waals surface area contributed by atoms with Crippen molar-refractivity contribution in [1.82, 2.24) is 14.9 Å². The molecule has 1 aromatic rings. The lowest BCUT2D eigenvalue weighted by molar-refractivity contribution is -0.193. The van der Waals surface area contributed by atoms with E-state index < -0.39 is 24.3 Å². The minimum Gasteiger partial charge on any atom is -0.475 e. The number of halogens is 6. The van der Waals surface area contributed by atoms with Crippen molar-refractivity contribution in [2.24, 2.45) is 17.8 Å². The standard InChI is InChI=1S/C18H25N3O3.2C2HF3O2/c22-18(21-6-3-7-24-21)8-14-12-23-13-15-9-20(11-17(14)15)10-16-4-1-2-5-19-16;2*3-2(4,5)1(6)7/h1-2,4-5,14-15,17H,3,6-13H2;2*(H,6,7)/t14-,15-,17+;;/m1../s1. The summed E-state index contributed by atoms with van der Waals surface area (Å²) in [4.78, 5) is 42.5. The molecule has 0 radical (unpaired) electrons.